The van der Waals surface area contributed by atoms with Crippen LogP contribution in [0, 0.1) is 23.2 Å². The van der Waals surface area contributed by atoms with Gasteiger partial charge in [0.05, 0.1) is 0 Å². The van der Waals surface area contributed by atoms with Gasteiger partial charge in [0.15, 0.2) is 0 Å². The van der Waals surface area contributed by atoms with Gasteiger partial charge >= 0.3 is 0 Å². The minimum absolute atomic E-state index is 0.496. The van der Waals surface area contributed by atoms with Gasteiger partial charge in [-0.3, -0.25) is 0 Å². The van der Waals surface area contributed by atoms with E-state index in [9.17, 15) is 0 Å². The monoisotopic (exact) mass is 153 g/mol. The summed E-state index contributed by atoms with van der Waals surface area (Å²) in [5.74, 6) is 2.61. The first-order chi connectivity index (χ1) is 5.08. The van der Waals surface area contributed by atoms with Crippen LogP contribution in [0.15, 0.2) is 0 Å². The van der Waals surface area contributed by atoms with E-state index in [1.54, 1.807) is 0 Å². The highest BCUT2D eigenvalue weighted by Gasteiger charge is 2.63. The van der Waals surface area contributed by atoms with Gasteiger partial charge in [-0.2, -0.15) is 0 Å². The highest BCUT2D eigenvalue weighted by Crippen LogP contribution is 2.69. The Morgan fingerprint density at radius 3 is 2.27 bits per heavy atom. The van der Waals surface area contributed by atoms with Gasteiger partial charge in [-0.1, -0.05) is 20.8 Å². The molecule has 0 heterocycles. The lowest BCUT2D eigenvalue weighted by atomic mass is 9.89. The van der Waals surface area contributed by atoms with Crippen molar-refractivity contribution in [2.45, 2.75) is 39.7 Å². The summed E-state index contributed by atoms with van der Waals surface area (Å²) in [6, 6.07) is 0.496. The Morgan fingerprint density at radius 1 is 1.36 bits per heavy atom. The highest BCUT2D eigenvalue weighted by molar-refractivity contribution is 5.14. The Morgan fingerprint density at radius 2 is 2.00 bits per heavy atom. The largest absolute Gasteiger partial charge is 0.327 e. The molecule has 0 aliphatic heterocycles. The van der Waals surface area contributed by atoms with Crippen molar-refractivity contribution < 1.29 is 0 Å². The molecular formula is C10H19N. The van der Waals surface area contributed by atoms with Gasteiger partial charge in [-0.05, 0) is 36.0 Å². The molecule has 2 rings (SSSR count). The molecule has 0 bridgehead atoms. The Hall–Kier alpha value is -0.0400. The van der Waals surface area contributed by atoms with Crippen LogP contribution >= 0.6 is 0 Å². The van der Waals surface area contributed by atoms with E-state index in [0.717, 1.165) is 17.8 Å². The van der Waals surface area contributed by atoms with Gasteiger partial charge < -0.3 is 5.73 Å². The average molecular weight is 153 g/mol. The lowest BCUT2D eigenvalue weighted by Crippen LogP contribution is -2.26. The normalized spacial score (nSPS) is 54.8. The van der Waals surface area contributed by atoms with Crippen LogP contribution in [0.5, 0.6) is 0 Å². The molecule has 1 nitrogen and oxygen atoms in total. The third-order valence-corrected chi connectivity index (χ3v) is 4.25. The summed E-state index contributed by atoms with van der Waals surface area (Å²) in [7, 11) is 0. The Balaban J connectivity index is 2.13. The maximum absolute atomic E-state index is 6.02. The molecule has 64 valence electrons. The third kappa shape index (κ3) is 0.807. The van der Waals surface area contributed by atoms with E-state index in [0.29, 0.717) is 11.5 Å². The Bertz CT molecular complexity index is 176. The SMILES string of the molecule is CC(C)[C@@]12C[C@@H](N)[C@@H](C)[C@@H]1C2. The molecule has 0 spiro atoms. The molecule has 0 aromatic heterocycles. The van der Waals surface area contributed by atoms with Crippen molar-refractivity contribution >= 4 is 0 Å². The second kappa shape index (κ2) is 2.01. The summed E-state index contributed by atoms with van der Waals surface area (Å²) in [6.45, 7) is 7.03. The zero-order chi connectivity index (χ0) is 8.22. The molecule has 2 aliphatic carbocycles. The minimum atomic E-state index is 0.496. The second-order valence-electron chi connectivity index (χ2n) is 4.93. The molecule has 0 aromatic rings. The van der Waals surface area contributed by atoms with Crippen LogP contribution < -0.4 is 5.73 Å². The molecular weight excluding hydrogens is 134 g/mol. The van der Waals surface area contributed by atoms with Crippen molar-refractivity contribution in [3.63, 3.8) is 0 Å². The van der Waals surface area contributed by atoms with E-state index in [1.807, 2.05) is 0 Å². The summed E-state index contributed by atoms with van der Waals surface area (Å²) in [6.07, 6.45) is 2.75. The molecule has 0 saturated heterocycles. The second-order valence-corrected chi connectivity index (χ2v) is 4.93. The quantitative estimate of drug-likeness (QED) is 0.612. The van der Waals surface area contributed by atoms with Crippen LogP contribution in [0.1, 0.15) is 33.6 Å². The molecule has 0 radical (unpaired) electrons. The van der Waals surface area contributed by atoms with Crippen molar-refractivity contribution in [2.24, 2.45) is 28.9 Å². The number of fused-ring (bicyclic) bond motifs is 1. The van der Waals surface area contributed by atoms with E-state index in [4.69, 9.17) is 5.73 Å². The summed E-state index contributed by atoms with van der Waals surface area (Å²) in [5.41, 5.74) is 6.70. The smallest absolute Gasteiger partial charge is 0.00728 e. The first-order valence-corrected chi connectivity index (χ1v) is 4.83. The number of nitrogens with two attached hydrogens (primary N) is 1. The van der Waals surface area contributed by atoms with Crippen LogP contribution in [-0.4, -0.2) is 6.04 Å². The number of rotatable bonds is 1. The summed E-state index contributed by atoms with van der Waals surface area (Å²) < 4.78 is 0. The first kappa shape index (κ1) is 7.60. The molecule has 11 heavy (non-hydrogen) atoms. The molecule has 2 aliphatic rings. The molecule has 0 aromatic carbocycles. The van der Waals surface area contributed by atoms with Crippen LogP contribution in [0.2, 0.25) is 0 Å². The van der Waals surface area contributed by atoms with Gasteiger partial charge in [0.1, 0.15) is 0 Å². The van der Waals surface area contributed by atoms with Crippen molar-refractivity contribution in [1.29, 1.82) is 0 Å². The topological polar surface area (TPSA) is 26.0 Å². The van der Waals surface area contributed by atoms with Gasteiger partial charge in [0.2, 0.25) is 0 Å². The molecule has 2 saturated carbocycles. The van der Waals surface area contributed by atoms with Crippen LogP contribution in [-0.2, 0) is 0 Å². The van der Waals surface area contributed by atoms with Gasteiger partial charge in [-0.25, -0.2) is 0 Å². The van der Waals surface area contributed by atoms with E-state index < -0.39 is 0 Å². The lowest BCUT2D eigenvalue weighted by molar-refractivity contribution is 0.335. The predicted molar refractivity (Wildman–Crippen MR) is 47.1 cm³/mol. The maximum atomic E-state index is 6.02. The molecule has 2 N–H and O–H groups in total. The van der Waals surface area contributed by atoms with E-state index in [2.05, 4.69) is 20.8 Å². The maximum Gasteiger partial charge on any atom is 0.00728 e. The first-order valence-electron chi connectivity index (χ1n) is 4.83. The fraction of sp³-hybridized carbons (Fsp3) is 1.00. The van der Waals surface area contributed by atoms with Crippen LogP contribution in [0.4, 0.5) is 0 Å². The summed E-state index contributed by atoms with van der Waals surface area (Å²) >= 11 is 0. The fourth-order valence-corrected chi connectivity index (χ4v) is 3.12. The van der Waals surface area contributed by atoms with Crippen molar-refractivity contribution in [1.82, 2.24) is 0 Å². The van der Waals surface area contributed by atoms with E-state index >= 15 is 0 Å². The van der Waals surface area contributed by atoms with E-state index in [1.165, 1.54) is 12.8 Å². The Kier molecular flexibility index (Phi) is 1.39. The van der Waals surface area contributed by atoms with Crippen molar-refractivity contribution in [3.8, 4) is 0 Å². The highest BCUT2D eigenvalue weighted by atomic mass is 14.8. The Labute approximate surface area is 69.4 Å². The van der Waals surface area contributed by atoms with Crippen molar-refractivity contribution in [3.05, 3.63) is 0 Å². The number of hydrogen-bond acceptors (Lipinski definition) is 1. The molecule has 0 unspecified atom stereocenters. The van der Waals surface area contributed by atoms with Crippen LogP contribution in [0.25, 0.3) is 0 Å². The predicted octanol–water partition coefficient (Wildman–Crippen LogP) is 2.02. The molecule has 0 amide bonds. The average Bonchev–Trinajstić information content (AvgIpc) is 2.57. The van der Waals surface area contributed by atoms with Gasteiger partial charge in [0.25, 0.3) is 0 Å². The van der Waals surface area contributed by atoms with Gasteiger partial charge in [-0.15, -0.1) is 0 Å². The summed E-state index contributed by atoms with van der Waals surface area (Å²) in [4.78, 5) is 0. The van der Waals surface area contributed by atoms with Crippen LogP contribution in [0.3, 0.4) is 0 Å². The zero-order valence-corrected chi connectivity index (χ0v) is 7.80. The fourth-order valence-electron chi connectivity index (χ4n) is 3.12. The summed E-state index contributed by atoms with van der Waals surface area (Å²) in [5, 5.41) is 0. The third-order valence-electron chi connectivity index (χ3n) is 4.25. The van der Waals surface area contributed by atoms with Gasteiger partial charge in [0, 0.05) is 6.04 Å². The van der Waals surface area contributed by atoms with Crippen molar-refractivity contribution in [2.75, 3.05) is 0 Å². The van der Waals surface area contributed by atoms with E-state index in [-0.39, 0.29) is 0 Å². The molecule has 2 fully saturated rings. The number of hydrogen-bond donors (Lipinski definition) is 1. The molecule has 1 heteroatoms. The standard InChI is InChI=1S/C10H19N/c1-6(2)10-4-8(10)7(3)9(11)5-10/h6-9H,4-5,11H2,1-3H3/t7-,8-,9+,10+/m0/s1. The minimum Gasteiger partial charge on any atom is -0.327 e. The lowest BCUT2D eigenvalue weighted by Gasteiger charge is -2.18. The zero-order valence-electron chi connectivity index (χ0n) is 7.80. The molecule has 4 atom stereocenters.